The number of rotatable bonds is 3. The minimum Gasteiger partial charge on any atom is -0.325 e. The number of H-pyrrole nitrogens is 1. The maximum atomic E-state index is 12.1. The van der Waals surface area contributed by atoms with Gasteiger partial charge in [-0.1, -0.05) is 42.5 Å². The van der Waals surface area contributed by atoms with Crippen molar-refractivity contribution in [2.75, 3.05) is 0 Å². The number of aromatic amines is 1. The lowest BCUT2D eigenvalue weighted by molar-refractivity contribution is 0.900. The first kappa shape index (κ1) is 16.6. The standard InChI is InChI=1S/C23H18N4O/c24-12-22-20-10-15(6-7-18(20)23(28)27-26-22)16-11-19-17(8-9-21(19)25-13-16)14-4-2-1-3-5-14/h1-8,10-11,13H,9,12,24H2,(H,27,28). The third kappa shape index (κ3) is 2.64. The van der Waals surface area contributed by atoms with Crippen molar-refractivity contribution in [1.82, 2.24) is 15.2 Å². The van der Waals surface area contributed by atoms with E-state index in [0.717, 1.165) is 34.2 Å². The molecule has 0 aliphatic heterocycles. The molecule has 5 rings (SSSR count). The van der Waals surface area contributed by atoms with E-state index in [4.69, 9.17) is 10.7 Å². The molecule has 0 amide bonds. The summed E-state index contributed by atoms with van der Waals surface area (Å²) in [5.74, 6) is 0. The highest BCUT2D eigenvalue weighted by atomic mass is 16.1. The van der Waals surface area contributed by atoms with Gasteiger partial charge in [-0.2, -0.15) is 5.10 Å². The van der Waals surface area contributed by atoms with Gasteiger partial charge in [0.15, 0.2) is 0 Å². The number of pyridine rings is 1. The molecule has 28 heavy (non-hydrogen) atoms. The molecule has 1 aliphatic carbocycles. The van der Waals surface area contributed by atoms with Gasteiger partial charge in [0.1, 0.15) is 0 Å². The normalized spacial score (nSPS) is 12.8. The fourth-order valence-corrected chi connectivity index (χ4v) is 3.80. The fourth-order valence-electron chi connectivity index (χ4n) is 3.80. The average molecular weight is 366 g/mol. The summed E-state index contributed by atoms with van der Waals surface area (Å²) in [7, 11) is 0. The van der Waals surface area contributed by atoms with Gasteiger partial charge in [-0.15, -0.1) is 0 Å². The summed E-state index contributed by atoms with van der Waals surface area (Å²) in [5, 5.41) is 7.96. The molecule has 0 unspecified atom stereocenters. The van der Waals surface area contributed by atoms with E-state index in [-0.39, 0.29) is 12.1 Å². The van der Waals surface area contributed by atoms with Crippen LogP contribution in [0.25, 0.3) is 27.5 Å². The largest absolute Gasteiger partial charge is 0.325 e. The van der Waals surface area contributed by atoms with Crippen molar-refractivity contribution in [3.8, 4) is 11.1 Å². The molecule has 0 fully saturated rings. The van der Waals surface area contributed by atoms with Crippen molar-refractivity contribution in [1.29, 1.82) is 0 Å². The molecule has 1 aliphatic rings. The number of nitrogens with one attached hydrogen (secondary N) is 1. The molecule has 5 nitrogen and oxygen atoms in total. The molecule has 2 aromatic heterocycles. The Labute approximate surface area is 161 Å². The van der Waals surface area contributed by atoms with Crippen LogP contribution in [-0.4, -0.2) is 15.2 Å². The molecule has 0 saturated heterocycles. The highest BCUT2D eigenvalue weighted by Gasteiger charge is 2.18. The molecule has 5 heteroatoms. The van der Waals surface area contributed by atoms with E-state index < -0.39 is 0 Å². The van der Waals surface area contributed by atoms with E-state index in [1.54, 1.807) is 0 Å². The van der Waals surface area contributed by atoms with Gasteiger partial charge in [-0.05, 0) is 34.9 Å². The van der Waals surface area contributed by atoms with Gasteiger partial charge in [0.2, 0.25) is 0 Å². The number of allylic oxidation sites excluding steroid dienone is 1. The van der Waals surface area contributed by atoms with Crippen molar-refractivity contribution in [3.05, 3.63) is 99.7 Å². The van der Waals surface area contributed by atoms with Crippen LogP contribution in [0.15, 0.2) is 71.7 Å². The SMILES string of the molecule is NCc1n[nH]c(=O)c2ccc(-c3cnc4c(c3)C(c3ccccc3)=CC4)cc12. The van der Waals surface area contributed by atoms with Crippen LogP contribution in [0.2, 0.25) is 0 Å². The van der Waals surface area contributed by atoms with Gasteiger partial charge in [0.25, 0.3) is 5.56 Å². The smallest absolute Gasteiger partial charge is 0.272 e. The van der Waals surface area contributed by atoms with E-state index in [9.17, 15) is 4.79 Å². The lowest BCUT2D eigenvalue weighted by atomic mass is 9.97. The molecule has 0 spiro atoms. The molecule has 0 saturated carbocycles. The van der Waals surface area contributed by atoms with Crippen molar-refractivity contribution in [2.24, 2.45) is 5.73 Å². The Morgan fingerprint density at radius 2 is 1.82 bits per heavy atom. The second-order valence-electron chi connectivity index (χ2n) is 6.87. The zero-order valence-corrected chi connectivity index (χ0v) is 15.1. The molecule has 3 N–H and O–H groups in total. The minimum atomic E-state index is -0.208. The summed E-state index contributed by atoms with van der Waals surface area (Å²) in [6.07, 6.45) is 4.96. The summed E-state index contributed by atoms with van der Waals surface area (Å²) < 4.78 is 0. The van der Waals surface area contributed by atoms with Crippen molar-refractivity contribution >= 4 is 16.3 Å². The number of hydrogen-bond donors (Lipinski definition) is 2. The van der Waals surface area contributed by atoms with Gasteiger partial charge in [-0.25, -0.2) is 5.10 Å². The van der Waals surface area contributed by atoms with Crippen LogP contribution in [0.3, 0.4) is 0 Å². The lowest BCUT2D eigenvalue weighted by Gasteiger charge is -2.10. The first-order valence-corrected chi connectivity index (χ1v) is 9.21. The summed E-state index contributed by atoms with van der Waals surface area (Å²) in [6.45, 7) is 0.264. The summed E-state index contributed by atoms with van der Waals surface area (Å²) in [6, 6.07) is 18.3. The van der Waals surface area contributed by atoms with E-state index in [0.29, 0.717) is 11.1 Å². The summed E-state index contributed by atoms with van der Waals surface area (Å²) in [5.41, 5.74) is 12.9. The molecular formula is C23H18N4O. The Bertz CT molecular complexity index is 1290. The van der Waals surface area contributed by atoms with Gasteiger partial charge in [-0.3, -0.25) is 9.78 Å². The average Bonchev–Trinajstić information content (AvgIpc) is 3.18. The topological polar surface area (TPSA) is 84.7 Å². The molecule has 2 heterocycles. The van der Waals surface area contributed by atoms with E-state index in [1.807, 2.05) is 42.6 Å². The number of hydrogen-bond acceptors (Lipinski definition) is 4. The zero-order valence-electron chi connectivity index (χ0n) is 15.1. The first-order valence-electron chi connectivity index (χ1n) is 9.21. The summed E-state index contributed by atoms with van der Waals surface area (Å²) in [4.78, 5) is 16.8. The van der Waals surface area contributed by atoms with Crippen molar-refractivity contribution in [3.63, 3.8) is 0 Å². The second kappa shape index (κ2) is 6.55. The van der Waals surface area contributed by atoms with Crippen LogP contribution >= 0.6 is 0 Å². The van der Waals surface area contributed by atoms with Gasteiger partial charge >= 0.3 is 0 Å². The highest BCUT2D eigenvalue weighted by Crippen LogP contribution is 2.34. The van der Waals surface area contributed by atoms with Gasteiger partial charge < -0.3 is 5.73 Å². The van der Waals surface area contributed by atoms with Crippen LogP contribution < -0.4 is 11.3 Å². The number of nitrogens with two attached hydrogens (primary N) is 1. The van der Waals surface area contributed by atoms with Crippen molar-refractivity contribution < 1.29 is 0 Å². The van der Waals surface area contributed by atoms with Gasteiger partial charge in [0.05, 0.1) is 16.8 Å². The van der Waals surface area contributed by atoms with Crippen LogP contribution in [0.1, 0.15) is 22.5 Å². The second-order valence-corrected chi connectivity index (χ2v) is 6.87. The van der Waals surface area contributed by atoms with Crippen LogP contribution in [0.4, 0.5) is 0 Å². The van der Waals surface area contributed by atoms with E-state index >= 15 is 0 Å². The van der Waals surface area contributed by atoms with Gasteiger partial charge in [0, 0.05) is 35.7 Å². The molecule has 4 aromatic rings. The third-order valence-electron chi connectivity index (χ3n) is 5.24. The number of fused-ring (bicyclic) bond motifs is 2. The van der Waals surface area contributed by atoms with Crippen LogP contribution in [0.5, 0.6) is 0 Å². The Morgan fingerprint density at radius 3 is 2.64 bits per heavy atom. The molecule has 136 valence electrons. The maximum absolute atomic E-state index is 12.1. The molecule has 0 radical (unpaired) electrons. The molecule has 2 aromatic carbocycles. The van der Waals surface area contributed by atoms with E-state index in [1.165, 1.54) is 11.1 Å². The molecule has 0 atom stereocenters. The fraction of sp³-hybridized carbons (Fsp3) is 0.0870. The lowest BCUT2D eigenvalue weighted by Crippen LogP contribution is -2.13. The minimum absolute atomic E-state index is 0.208. The molecular weight excluding hydrogens is 348 g/mol. The van der Waals surface area contributed by atoms with Crippen LogP contribution in [0, 0.1) is 0 Å². The monoisotopic (exact) mass is 366 g/mol. The predicted octanol–water partition coefficient (Wildman–Crippen LogP) is 3.43. The van der Waals surface area contributed by atoms with Crippen molar-refractivity contribution in [2.45, 2.75) is 13.0 Å². The maximum Gasteiger partial charge on any atom is 0.272 e. The Morgan fingerprint density at radius 1 is 0.964 bits per heavy atom. The van der Waals surface area contributed by atoms with Crippen LogP contribution in [-0.2, 0) is 13.0 Å². The predicted molar refractivity (Wildman–Crippen MR) is 111 cm³/mol. The number of benzene rings is 2. The quantitative estimate of drug-likeness (QED) is 0.582. The Balaban J connectivity index is 1.64. The Kier molecular flexibility index (Phi) is 3.88. The number of nitrogens with zero attached hydrogens (tertiary/aromatic N) is 2. The third-order valence-corrected chi connectivity index (χ3v) is 5.24. The first-order chi connectivity index (χ1) is 13.7. The van der Waals surface area contributed by atoms with E-state index in [2.05, 4.69) is 34.5 Å². The highest BCUT2D eigenvalue weighted by molar-refractivity contribution is 5.90. The zero-order chi connectivity index (χ0) is 19.1. The number of aromatic nitrogens is 3. The summed E-state index contributed by atoms with van der Waals surface area (Å²) >= 11 is 0. The molecule has 0 bridgehead atoms. The Hall–Kier alpha value is -3.57.